The van der Waals surface area contributed by atoms with Crippen molar-refractivity contribution in [1.82, 2.24) is 10.2 Å². The van der Waals surface area contributed by atoms with Gasteiger partial charge >= 0.3 is 0 Å². The van der Waals surface area contributed by atoms with Crippen molar-refractivity contribution in [2.75, 3.05) is 17.2 Å². The van der Waals surface area contributed by atoms with Gasteiger partial charge in [-0.1, -0.05) is 18.2 Å². The fourth-order valence-electron chi connectivity index (χ4n) is 1.78. The Morgan fingerprint density at radius 1 is 1.24 bits per heavy atom. The molecule has 0 aliphatic rings. The fourth-order valence-corrected chi connectivity index (χ4v) is 1.78. The maximum absolute atomic E-state index is 12.2. The van der Waals surface area contributed by atoms with Crippen molar-refractivity contribution in [1.29, 1.82) is 0 Å². The summed E-state index contributed by atoms with van der Waals surface area (Å²) in [6, 6.07) is 9.26. The molecule has 2 N–H and O–H groups in total. The standard InChI is InChI=1S/C16H18N4O/c1-4-9-17-15-8-7-13(19-20-15)16(21)18-14-10-11(2)5-6-12(14)3/h4-8,10H,1,9H2,2-3H3,(H,17,20)(H,18,21). The van der Waals surface area contributed by atoms with Gasteiger partial charge in [0.15, 0.2) is 5.69 Å². The molecule has 0 aliphatic carbocycles. The Labute approximate surface area is 124 Å². The topological polar surface area (TPSA) is 66.9 Å². The first kappa shape index (κ1) is 14.7. The molecule has 1 aromatic heterocycles. The van der Waals surface area contributed by atoms with Crippen LogP contribution in [0.3, 0.4) is 0 Å². The lowest BCUT2D eigenvalue weighted by Crippen LogP contribution is -2.15. The molecule has 0 fully saturated rings. The van der Waals surface area contributed by atoms with Gasteiger partial charge in [-0.3, -0.25) is 4.79 Å². The number of nitrogens with zero attached hydrogens (tertiary/aromatic N) is 2. The summed E-state index contributed by atoms with van der Waals surface area (Å²) in [5, 5.41) is 13.7. The zero-order chi connectivity index (χ0) is 15.2. The highest BCUT2D eigenvalue weighted by Gasteiger charge is 2.10. The minimum absolute atomic E-state index is 0.272. The van der Waals surface area contributed by atoms with Gasteiger partial charge in [-0.2, -0.15) is 0 Å². The summed E-state index contributed by atoms with van der Waals surface area (Å²) in [5.74, 6) is 0.338. The van der Waals surface area contributed by atoms with E-state index in [1.54, 1.807) is 18.2 Å². The van der Waals surface area contributed by atoms with Gasteiger partial charge in [-0.15, -0.1) is 16.8 Å². The Bertz CT molecular complexity index is 650. The molecule has 108 valence electrons. The minimum Gasteiger partial charge on any atom is -0.365 e. The second kappa shape index (κ2) is 6.65. The Morgan fingerprint density at radius 2 is 2.05 bits per heavy atom. The van der Waals surface area contributed by atoms with Gasteiger partial charge in [0.05, 0.1) is 0 Å². The van der Waals surface area contributed by atoms with E-state index in [4.69, 9.17) is 0 Å². The molecule has 5 nitrogen and oxygen atoms in total. The van der Waals surface area contributed by atoms with Crippen LogP contribution in [0.1, 0.15) is 21.6 Å². The van der Waals surface area contributed by atoms with Crippen LogP contribution >= 0.6 is 0 Å². The highest BCUT2D eigenvalue weighted by Crippen LogP contribution is 2.17. The molecule has 1 heterocycles. The number of aromatic nitrogens is 2. The number of benzene rings is 1. The summed E-state index contributed by atoms with van der Waals surface area (Å²) in [4.78, 5) is 12.2. The number of carbonyl (C=O) groups excluding carboxylic acids is 1. The third-order valence-corrected chi connectivity index (χ3v) is 2.97. The minimum atomic E-state index is -0.272. The number of anilines is 2. The SMILES string of the molecule is C=CCNc1ccc(C(=O)Nc2cc(C)ccc2C)nn1. The summed E-state index contributed by atoms with van der Waals surface area (Å²) in [6.45, 7) is 8.14. The molecular formula is C16H18N4O. The van der Waals surface area contributed by atoms with E-state index in [2.05, 4.69) is 27.4 Å². The van der Waals surface area contributed by atoms with Gasteiger partial charge in [0, 0.05) is 12.2 Å². The molecular weight excluding hydrogens is 264 g/mol. The lowest BCUT2D eigenvalue weighted by atomic mass is 10.1. The summed E-state index contributed by atoms with van der Waals surface area (Å²) in [6.07, 6.45) is 1.73. The molecule has 5 heteroatoms. The summed E-state index contributed by atoms with van der Waals surface area (Å²) in [7, 11) is 0. The highest BCUT2D eigenvalue weighted by atomic mass is 16.1. The van der Waals surface area contributed by atoms with E-state index in [0.717, 1.165) is 16.8 Å². The van der Waals surface area contributed by atoms with Gasteiger partial charge < -0.3 is 10.6 Å². The van der Waals surface area contributed by atoms with E-state index in [0.29, 0.717) is 12.4 Å². The van der Waals surface area contributed by atoms with Crippen molar-refractivity contribution >= 4 is 17.4 Å². The van der Waals surface area contributed by atoms with Gasteiger partial charge in [-0.25, -0.2) is 0 Å². The highest BCUT2D eigenvalue weighted by molar-refractivity contribution is 6.03. The predicted octanol–water partition coefficient (Wildman–Crippen LogP) is 2.94. The molecule has 0 atom stereocenters. The molecule has 0 unspecified atom stereocenters. The number of carbonyl (C=O) groups is 1. The Balaban J connectivity index is 2.09. The summed E-state index contributed by atoms with van der Waals surface area (Å²) >= 11 is 0. The molecule has 21 heavy (non-hydrogen) atoms. The lowest BCUT2D eigenvalue weighted by Gasteiger charge is -2.09. The van der Waals surface area contributed by atoms with E-state index < -0.39 is 0 Å². The van der Waals surface area contributed by atoms with E-state index in [-0.39, 0.29) is 11.6 Å². The van der Waals surface area contributed by atoms with Crippen molar-refractivity contribution < 1.29 is 4.79 Å². The first-order valence-electron chi connectivity index (χ1n) is 6.67. The average molecular weight is 282 g/mol. The smallest absolute Gasteiger partial charge is 0.276 e. The van der Waals surface area contributed by atoms with Gasteiger partial charge in [0.1, 0.15) is 5.82 Å². The second-order valence-electron chi connectivity index (χ2n) is 4.75. The zero-order valence-electron chi connectivity index (χ0n) is 12.2. The van der Waals surface area contributed by atoms with Crippen LogP contribution in [0.25, 0.3) is 0 Å². The molecule has 0 saturated heterocycles. The van der Waals surface area contributed by atoms with Crippen LogP contribution in [0.15, 0.2) is 43.0 Å². The Morgan fingerprint density at radius 3 is 2.71 bits per heavy atom. The largest absolute Gasteiger partial charge is 0.365 e. The van der Waals surface area contributed by atoms with Crippen molar-refractivity contribution in [2.45, 2.75) is 13.8 Å². The molecule has 0 aliphatic heterocycles. The van der Waals surface area contributed by atoms with Gasteiger partial charge in [0.2, 0.25) is 0 Å². The van der Waals surface area contributed by atoms with Crippen LogP contribution in [-0.4, -0.2) is 22.6 Å². The molecule has 0 saturated carbocycles. The quantitative estimate of drug-likeness (QED) is 0.827. The van der Waals surface area contributed by atoms with E-state index in [1.807, 2.05) is 32.0 Å². The molecule has 2 rings (SSSR count). The van der Waals surface area contributed by atoms with E-state index >= 15 is 0 Å². The van der Waals surface area contributed by atoms with Crippen LogP contribution < -0.4 is 10.6 Å². The summed E-state index contributed by atoms with van der Waals surface area (Å²) < 4.78 is 0. The Hall–Kier alpha value is -2.69. The van der Waals surface area contributed by atoms with E-state index in [1.165, 1.54) is 0 Å². The number of hydrogen-bond acceptors (Lipinski definition) is 4. The third-order valence-electron chi connectivity index (χ3n) is 2.97. The van der Waals surface area contributed by atoms with Crippen LogP contribution in [0.4, 0.5) is 11.5 Å². The van der Waals surface area contributed by atoms with Crippen molar-refractivity contribution in [2.24, 2.45) is 0 Å². The normalized spacial score (nSPS) is 10.0. The van der Waals surface area contributed by atoms with Crippen LogP contribution in [0.2, 0.25) is 0 Å². The van der Waals surface area contributed by atoms with Crippen LogP contribution in [-0.2, 0) is 0 Å². The third kappa shape index (κ3) is 3.89. The second-order valence-corrected chi connectivity index (χ2v) is 4.75. The lowest BCUT2D eigenvalue weighted by molar-refractivity contribution is 0.102. The molecule has 1 aromatic carbocycles. The van der Waals surface area contributed by atoms with Gasteiger partial charge in [0.25, 0.3) is 5.91 Å². The predicted molar refractivity (Wildman–Crippen MR) is 84.6 cm³/mol. The number of amides is 1. The van der Waals surface area contributed by atoms with Crippen molar-refractivity contribution in [3.05, 3.63) is 59.8 Å². The maximum Gasteiger partial charge on any atom is 0.276 e. The van der Waals surface area contributed by atoms with Gasteiger partial charge in [-0.05, 0) is 43.2 Å². The molecule has 0 spiro atoms. The van der Waals surface area contributed by atoms with E-state index in [9.17, 15) is 4.79 Å². The molecule has 2 aromatic rings. The summed E-state index contributed by atoms with van der Waals surface area (Å²) in [5.41, 5.74) is 3.16. The van der Waals surface area contributed by atoms with Crippen LogP contribution in [0.5, 0.6) is 0 Å². The van der Waals surface area contributed by atoms with Crippen molar-refractivity contribution in [3.8, 4) is 0 Å². The van der Waals surface area contributed by atoms with Crippen LogP contribution in [0, 0.1) is 13.8 Å². The maximum atomic E-state index is 12.2. The number of nitrogens with one attached hydrogen (secondary N) is 2. The Kier molecular flexibility index (Phi) is 4.66. The fraction of sp³-hybridized carbons (Fsp3) is 0.188. The molecule has 0 bridgehead atoms. The molecule has 0 radical (unpaired) electrons. The number of rotatable bonds is 5. The average Bonchev–Trinajstić information content (AvgIpc) is 2.49. The monoisotopic (exact) mass is 282 g/mol. The zero-order valence-corrected chi connectivity index (χ0v) is 12.2. The first-order chi connectivity index (χ1) is 10.1. The van der Waals surface area contributed by atoms with Crippen molar-refractivity contribution in [3.63, 3.8) is 0 Å². The molecule has 1 amide bonds. The number of aryl methyl sites for hydroxylation is 2. The number of hydrogen-bond donors (Lipinski definition) is 2. The first-order valence-corrected chi connectivity index (χ1v) is 6.67.